The van der Waals surface area contributed by atoms with Gasteiger partial charge in [-0.25, -0.2) is 0 Å². The van der Waals surface area contributed by atoms with Crippen LogP contribution in [0.2, 0.25) is 5.02 Å². The number of hydrogen-bond acceptors (Lipinski definition) is 6. The molecule has 5 amide bonds. The van der Waals surface area contributed by atoms with E-state index in [4.69, 9.17) is 17.3 Å². The van der Waals surface area contributed by atoms with Gasteiger partial charge in [0.2, 0.25) is 23.6 Å². The number of rotatable bonds is 25. The van der Waals surface area contributed by atoms with Crippen molar-refractivity contribution in [2.45, 2.75) is 110 Å². The zero-order valence-electron chi connectivity index (χ0n) is 30.0. The number of benzene rings is 2. The number of carbonyl (C=O) groups is 5. The Bertz CT molecular complexity index is 1320. The molecule has 0 aliphatic rings. The Kier molecular flexibility index (Phi) is 20.5. The van der Waals surface area contributed by atoms with E-state index in [1.54, 1.807) is 54.6 Å². The summed E-state index contributed by atoms with van der Waals surface area (Å²) < 4.78 is 0. The molecule has 12 heteroatoms. The first kappa shape index (κ1) is 42.2. The Morgan fingerprint density at radius 2 is 1.32 bits per heavy atom. The van der Waals surface area contributed by atoms with Crippen LogP contribution in [0.15, 0.2) is 54.6 Å². The van der Waals surface area contributed by atoms with E-state index in [1.165, 1.54) is 0 Å². The number of primary amides is 1. The minimum absolute atomic E-state index is 0.143. The van der Waals surface area contributed by atoms with Crippen molar-refractivity contribution in [2.75, 3.05) is 26.2 Å². The first-order valence-electron chi connectivity index (χ1n) is 18.1. The van der Waals surface area contributed by atoms with E-state index in [-0.39, 0.29) is 19.3 Å². The van der Waals surface area contributed by atoms with Gasteiger partial charge in [0.05, 0.1) is 6.42 Å². The molecule has 2 aromatic rings. The van der Waals surface area contributed by atoms with Crippen molar-refractivity contribution in [3.63, 3.8) is 0 Å². The van der Waals surface area contributed by atoms with E-state index >= 15 is 0 Å². The number of carbonyl (C=O) groups excluding carboxylic acids is 5. The van der Waals surface area contributed by atoms with E-state index in [2.05, 4.69) is 46.9 Å². The fourth-order valence-corrected chi connectivity index (χ4v) is 5.78. The minimum atomic E-state index is -1.20. The minimum Gasteiger partial charge on any atom is -0.370 e. The monoisotopic (exact) mass is 712 g/mol. The van der Waals surface area contributed by atoms with Gasteiger partial charge in [0, 0.05) is 23.6 Å². The SMILES string of the molecule is CCCCCCNC(=O)[C@H](CC(N)=O)NC(=O)[C@H](CCCCN(CCC)CCC)NC(=O)[C@H](Cc1ccc(Cl)cc1)NC(=O)c1ccccc1. The second-order valence-corrected chi connectivity index (χ2v) is 13.1. The predicted molar refractivity (Wildman–Crippen MR) is 199 cm³/mol. The van der Waals surface area contributed by atoms with Crippen molar-refractivity contribution >= 4 is 41.1 Å². The van der Waals surface area contributed by atoms with Gasteiger partial charge in [-0.05, 0) is 88.0 Å². The molecule has 0 bridgehead atoms. The van der Waals surface area contributed by atoms with E-state index in [0.29, 0.717) is 23.6 Å². The highest BCUT2D eigenvalue weighted by atomic mass is 35.5. The van der Waals surface area contributed by atoms with Crippen LogP contribution in [0.5, 0.6) is 0 Å². The number of amides is 5. The fraction of sp³-hybridized carbons (Fsp3) is 0.553. The Balaban J connectivity index is 2.28. The topological polar surface area (TPSA) is 163 Å². The summed E-state index contributed by atoms with van der Waals surface area (Å²) in [7, 11) is 0. The lowest BCUT2D eigenvalue weighted by molar-refractivity contribution is -0.134. The number of hydrogen-bond donors (Lipinski definition) is 5. The third-order valence-electron chi connectivity index (χ3n) is 8.31. The van der Waals surface area contributed by atoms with Crippen molar-refractivity contribution in [3.05, 3.63) is 70.7 Å². The van der Waals surface area contributed by atoms with Crippen LogP contribution >= 0.6 is 11.6 Å². The molecule has 0 unspecified atom stereocenters. The van der Waals surface area contributed by atoms with Crippen LogP contribution in [0, 0.1) is 0 Å². The molecule has 11 nitrogen and oxygen atoms in total. The molecule has 276 valence electrons. The fourth-order valence-electron chi connectivity index (χ4n) is 5.66. The standard InChI is InChI=1S/C38H57ClN6O5/c1-4-7-8-13-22-41-36(48)33(27-34(40)46)44-37(49)31(17-12-14-25-45(23-5-2)24-6-3)42-38(50)32(26-28-18-20-30(39)21-19-28)43-35(47)29-15-10-9-11-16-29/h9-11,15-16,18-21,31-33H,4-8,12-14,17,22-27H2,1-3H3,(H2,40,46)(H,41,48)(H,42,50)(H,43,47)(H,44,49)/t31-,32-,33-/m0/s1. The van der Waals surface area contributed by atoms with Crippen molar-refractivity contribution < 1.29 is 24.0 Å². The number of nitrogens with one attached hydrogen (secondary N) is 4. The van der Waals surface area contributed by atoms with Gasteiger partial charge in [0.25, 0.3) is 5.91 Å². The molecule has 0 aromatic heterocycles. The number of unbranched alkanes of at least 4 members (excludes halogenated alkanes) is 4. The first-order chi connectivity index (χ1) is 24.1. The molecule has 0 aliphatic heterocycles. The highest BCUT2D eigenvalue weighted by Gasteiger charge is 2.30. The second kappa shape index (κ2) is 24.2. The van der Waals surface area contributed by atoms with Crippen molar-refractivity contribution in [2.24, 2.45) is 5.73 Å². The Morgan fingerprint density at radius 3 is 1.94 bits per heavy atom. The second-order valence-electron chi connectivity index (χ2n) is 12.7. The van der Waals surface area contributed by atoms with Crippen LogP contribution < -0.4 is 27.0 Å². The average molecular weight is 713 g/mol. The van der Waals surface area contributed by atoms with E-state index in [9.17, 15) is 24.0 Å². The predicted octanol–water partition coefficient (Wildman–Crippen LogP) is 4.51. The summed E-state index contributed by atoms with van der Waals surface area (Å²) in [5, 5.41) is 11.7. The van der Waals surface area contributed by atoms with Gasteiger partial charge in [-0.2, -0.15) is 0 Å². The van der Waals surface area contributed by atoms with Crippen LogP contribution in [0.3, 0.4) is 0 Å². The smallest absolute Gasteiger partial charge is 0.251 e. The molecule has 0 spiro atoms. The molecule has 0 aliphatic carbocycles. The van der Waals surface area contributed by atoms with Crippen LogP contribution in [0.1, 0.15) is 101 Å². The number of nitrogens with zero attached hydrogens (tertiary/aromatic N) is 1. The van der Waals surface area contributed by atoms with Gasteiger partial charge in [0.15, 0.2) is 0 Å². The summed E-state index contributed by atoms with van der Waals surface area (Å²) in [5.41, 5.74) is 6.60. The Hall–Kier alpha value is -3.96. The first-order valence-corrected chi connectivity index (χ1v) is 18.4. The van der Waals surface area contributed by atoms with E-state index < -0.39 is 47.7 Å². The van der Waals surface area contributed by atoms with Crippen LogP contribution in [0.25, 0.3) is 0 Å². The van der Waals surface area contributed by atoms with Gasteiger partial charge in [-0.15, -0.1) is 0 Å². The van der Waals surface area contributed by atoms with Crippen molar-refractivity contribution in [1.82, 2.24) is 26.2 Å². The highest BCUT2D eigenvalue weighted by molar-refractivity contribution is 6.30. The Labute approximate surface area is 302 Å². The largest absolute Gasteiger partial charge is 0.370 e. The summed E-state index contributed by atoms with van der Waals surface area (Å²) in [5.74, 6) is -2.86. The van der Waals surface area contributed by atoms with Crippen molar-refractivity contribution in [1.29, 1.82) is 0 Å². The quantitative estimate of drug-likeness (QED) is 0.0952. The van der Waals surface area contributed by atoms with Crippen LogP contribution in [-0.2, 0) is 25.6 Å². The van der Waals surface area contributed by atoms with E-state index in [0.717, 1.165) is 70.1 Å². The lowest BCUT2D eigenvalue weighted by Gasteiger charge is -2.26. The summed E-state index contributed by atoms with van der Waals surface area (Å²) in [6.07, 6.45) is 7.32. The van der Waals surface area contributed by atoms with Crippen LogP contribution in [0.4, 0.5) is 0 Å². The molecule has 6 N–H and O–H groups in total. The molecule has 3 atom stereocenters. The van der Waals surface area contributed by atoms with Gasteiger partial charge >= 0.3 is 0 Å². The molecular formula is C38H57ClN6O5. The summed E-state index contributed by atoms with van der Waals surface area (Å²) in [6.45, 7) is 9.58. The molecule has 2 aromatic carbocycles. The molecule has 0 heterocycles. The molecule has 0 saturated heterocycles. The molecule has 0 saturated carbocycles. The number of halogens is 1. The molecule has 50 heavy (non-hydrogen) atoms. The maximum Gasteiger partial charge on any atom is 0.251 e. The van der Waals surface area contributed by atoms with Crippen LogP contribution in [-0.4, -0.2) is 78.7 Å². The molecule has 0 fully saturated rings. The van der Waals surface area contributed by atoms with Gasteiger partial charge in [-0.3, -0.25) is 24.0 Å². The molecule has 0 radical (unpaired) electrons. The van der Waals surface area contributed by atoms with Gasteiger partial charge in [0.1, 0.15) is 18.1 Å². The van der Waals surface area contributed by atoms with Gasteiger partial charge in [-0.1, -0.05) is 82.0 Å². The maximum atomic E-state index is 13.9. The summed E-state index contributed by atoms with van der Waals surface area (Å²) in [6, 6.07) is 12.2. The summed E-state index contributed by atoms with van der Waals surface area (Å²) in [4.78, 5) is 68.3. The number of nitrogens with two attached hydrogens (primary N) is 1. The maximum absolute atomic E-state index is 13.9. The third-order valence-corrected chi connectivity index (χ3v) is 8.56. The molecular weight excluding hydrogens is 656 g/mol. The zero-order valence-corrected chi connectivity index (χ0v) is 30.7. The zero-order chi connectivity index (χ0) is 36.7. The van der Waals surface area contributed by atoms with Crippen molar-refractivity contribution in [3.8, 4) is 0 Å². The summed E-state index contributed by atoms with van der Waals surface area (Å²) >= 11 is 6.08. The lowest BCUT2D eigenvalue weighted by Crippen LogP contribution is -2.57. The normalized spacial score (nSPS) is 12.8. The molecule has 2 rings (SSSR count). The lowest BCUT2D eigenvalue weighted by atomic mass is 10.0. The van der Waals surface area contributed by atoms with Gasteiger partial charge < -0.3 is 31.9 Å². The highest BCUT2D eigenvalue weighted by Crippen LogP contribution is 2.13. The third kappa shape index (κ3) is 16.6. The Morgan fingerprint density at radius 1 is 0.680 bits per heavy atom. The van der Waals surface area contributed by atoms with E-state index in [1.807, 2.05) is 0 Å². The average Bonchev–Trinajstić information content (AvgIpc) is 3.09.